The molecule has 1 rings (SSSR count). The number of amides is 1. The Kier molecular flexibility index (Phi) is 4.53. The lowest BCUT2D eigenvalue weighted by atomic mass is 10.0. The number of thiol groups is 1. The third-order valence-electron chi connectivity index (χ3n) is 2.95. The van der Waals surface area contributed by atoms with E-state index in [9.17, 15) is 4.79 Å². The molecule has 1 aliphatic rings. The summed E-state index contributed by atoms with van der Waals surface area (Å²) in [5.41, 5.74) is 0.195. The van der Waals surface area contributed by atoms with Gasteiger partial charge in [-0.3, -0.25) is 4.79 Å². The van der Waals surface area contributed by atoms with Crippen molar-refractivity contribution in [2.75, 3.05) is 18.8 Å². The molecule has 0 aromatic heterocycles. The average molecular weight is 225 g/mol. The van der Waals surface area contributed by atoms with E-state index in [1.807, 2.05) is 0 Å². The Hall–Kier alpha value is -0.620. The van der Waals surface area contributed by atoms with Gasteiger partial charge in [-0.15, -0.1) is 6.42 Å². The molecular weight excluding hydrogens is 206 g/mol. The lowest BCUT2D eigenvalue weighted by molar-refractivity contribution is -0.131. The molecule has 15 heavy (non-hydrogen) atoms. The summed E-state index contributed by atoms with van der Waals surface area (Å²) < 4.78 is 0. The van der Waals surface area contributed by atoms with E-state index in [1.165, 1.54) is 0 Å². The van der Waals surface area contributed by atoms with E-state index in [-0.39, 0.29) is 11.3 Å². The van der Waals surface area contributed by atoms with E-state index in [1.54, 1.807) is 4.90 Å². The summed E-state index contributed by atoms with van der Waals surface area (Å²) in [5, 5.41) is 0. The highest BCUT2D eigenvalue weighted by Crippen LogP contribution is 2.49. The van der Waals surface area contributed by atoms with Gasteiger partial charge in [0.15, 0.2) is 0 Å². The second-order valence-corrected chi connectivity index (χ2v) is 4.67. The van der Waals surface area contributed by atoms with E-state index in [0.29, 0.717) is 13.0 Å². The second-order valence-electron chi connectivity index (χ2n) is 4.35. The first-order valence-corrected chi connectivity index (χ1v) is 6.13. The largest absolute Gasteiger partial charge is 0.332 e. The van der Waals surface area contributed by atoms with E-state index < -0.39 is 0 Å². The molecule has 0 bridgehead atoms. The van der Waals surface area contributed by atoms with Crippen LogP contribution in [0.25, 0.3) is 0 Å². The molecule has 1 saturated carbocycles. The quantitative estimate of drug-likeness (QED) is 0.541. The molecule has 0 N–H and O–H groups in total. The fourth-order valence-electron chi connectivity index (χ4n) is 1.67. The molecule has 0 saturated heterocycles. The van der Waals surface area contributed by atoms with Gasteiger partial charge in [0.2, 0.25) is 5.91 Å². The minimum atomic E-state index is 0.195. The van der Waals surface area contributed by atoms with Gasteiger partial charge in [0.25, 0.3) is 0 Å². The zero-order chi connectivity index (χ0) is 11.3. The van der Waals surface area contributed by atoms with Crippen LogP contribution in [-0.4, -0.2) is 29.6 Å². The fourth-order valence-corrected chi connectivity index (χ4v) is 2.10. The molecular formula is C12H19NOS. The maximum atomic E-state index is 11.9. The first-order chi connectivity index (χ1) is 7.17. The van der Waals surface area contributed by atoms with Crippen molar-refractivity contribution in [3.63, 3.8) is 0 Å². The van der Waals surface area contributed by atoms with Crippen LogP contribution in [0.1, 0.15) is 32.6 Å². The van der Waals surface area contributed by atoms with Crippen molar-refractivity contribution in [2.45, 2.75) is 32.6 Å². The topological polar surface area (TPSA) is 20.3 Å². The predicted molar refractivity (Wildman–Crippen MR) is 65.8 cm³/mol. The molecule has 0 heterocycles. The van der Waals surface area contributed by atoms with E-state index in [4.69, 9.17) is 6.42 Å². The second kappa shape index (κ2) is 5.46. The molecule has 2 nitrogen and oxygen atoms in total. The summed E-state index contributed by atoms with van der Waals surface area (Å²) in [5.74, 6) is 3.55. The summed E-state index contributed by atoms with van der Waals surface area (Å²) in [4.78, 5) is 13.7. The molecule has 0 unspecified atom stereocenters. The van der Waals surface area contributed by atoms with E-state index in [2.05, 4.69) is 25.5 Å². The van der Waals surface area contributed by atoms with Gasteiger partial charge >= 0.3 is 0 Å². The predicted octanol–water partition coefficient (Wildman–Crippen LogP) is 1.96. The number of terminal acetylenes is 1. The normalized spacial score (nSPS) is 16.9. The summed E-state index contributed by atoms with van der Waals surface area (Å²) in [7, 11) is 0. The maximum Gasteiger partial charge on any atom is 0.223 e. The van der Waals surface area contributed by atoms with Crippen LogP contribution in [0.2, 0.25) is 0 Å². The van der Waals surface area contributed by atoms with Crippen LogP contribution in [0.4, 0.5) is 0 Å². The van der Waals surface area contributed by atoms with Crippen molar-refractivity contribution in [3.8, 4) is 12.3 Å². The third kappa shape index (κ3) is 3.46. The molecule has 3 heteroatoms. The monoisotopic (exact) mass is 225 g/mol. The average Bonchev–Trinajstić information content (AvgIpc) is 2.98. The van der Waals surface area contributed by atoms with Gasteiger partial charge in [-0.25, -0.2) is 0 Å². The van der Waals surface area contributed by atoms with Crippen molar-refractivity contribution in [1.82, 2.24) is 4.90 Å². The van der Waals surface area contributed by atoms with Gasteiger partial charge in [-0.2, -0.15) is 12.6 Å². The molecule has 1 fully saturated rings. The van der Waals surface area contributed by atoms with Crippen LogP contribution in [-0.2, 0) is 4.79 Å². The highest BCUT2D eigenvalue weighted by Gasteiger charge is 2.43. The van der Waals surface area contributed by atoms with Crippen molar-refractivity contribution in [1.29, 1.82) is 0 Å². The van der Waals surface area contributed by atoms with Gasteiger partial charge in [-0.05, 0) is 30.4 Å². The first-order valence-electron chi connectivity index (χ1n) is 5.49. The Bertz CT molecular complexity index is 265. The van der Waals surface area contributed by atoms with Crippen LogP contribution in [0.15, 0.2) is 0 Å². The summed E-state index contributed by atoms with van der Waals surface area (Å²) in [6, 6.07) is 0. The Morgan fingerprint density at radius 3 is 2.67 bits per heavy atom. The molecule has 0 aromatic rings. The smallest absolute Gasteiger partial charge is 0.223 e. The highest BCUT2D eigenvalue weighted by atomic mass is 32.1. The van der Waals surface area contributed by atoms with Gasteiger partial charge in [0.1, 0.15) is 0 Å². The Labute approximate surface area is 97.8 Å². The fraction of sp³-hybridized carbons (Fsp3) is 0.750. The molecule has 1 amide bonds. The number of carbonyl (C=O) groups excluding carboxylic acids is 1. The number of carbonyl (C=O) groups is 1. The number of nitrogens with zero attached hydrogens (tertiary/aromatic N) is 1. The number of hydrogen-bond donors (Lipinski definition) is 1. The summed E-state index contributed by atoms with van der Waals surface area (Å²) in [6.07, 6.45) is 9.11. The first kappa shape index (κ1) is 12.4. The Balaban J connectivity index is 2.45. The Morgan fingerprint density at radius 1 is 1.60 bits per heavy atom. The maximum absolute atomic E-state index is 11.9. The lowest BCUT2D eigenvalue weighted by Gasteiger charge is -2.22. The molecule has 1 aliphatic carbocycles. The van der Waals surface area contributed by atoms with Crippen LogP contribution >= 0.6 is 12.6 Å². The van der Waals surface area contributed by atoms with Crippen molar-refractivity contribution >= 4 is 18.5 Å². The minimum Gasteiger partial charge on any atom is -0.332 e. The third-order valence-corrected chi connectivity index (χ3v) is 3.62. The molecule has 0 aliphatic heterocycles. The van der Waals surface area contributed by atoms with Crippen LogP contribution in [0.5, 0.6) is 0 Å². The summed E-state index contributed by atoms with van der Waals surface area (Å²) in [6.45, 7) is 3.27. The molecule has 84 valence electrons. The zero-order valence-corrected chi connectivity index (χ0v) is 10.2. The van der Waals surface area contributed by atoms with Gasteiger partial charge in [0.05, 0.1) is 6.54 Å². The van der Waals surface area contributed by atoms with Crippen LogP contribution in [0.3, 0.4) is 0 Å². The van der Waals surface area contributed by atoms with Crippen LogP contribution in [0, 0.1) is 17.8 Å². The van der Waals surface area contributed by atoms with Gasteiger partial charge in [-0.1, -0.05) is 12.8 Å². The van der Waals surface area contributed by atoms with Gasteiger partial charge in [0, 0.05) is 13.0 Å². The lowest BCUT2D eigenvalue weighted by Crippen LogP contribution is -2.34. The van der Waals surface area contributed by atoms with Crippen molar-refractivity contribution in [2.24, 2.45) is 5.41 Å². The van der Waals surface area contributed by atoms with Crippen molar-refractivity contribution < 1.29 is 4.79 Å². The molecule has 0 spiro atoms. The molecule has 0 atom stereocenters. The van der Waals surface area contributed by atoms with E-state index in [0.717, 1.165) is 31.6 Å². The Morgan fingerprint density at radius 2 is 2.27 bits per heavy atom. The van der Waals surface area contributed by atoms with Crippen LogP contribution < -0.4 is 0 Å². The highest BCUT2D eigenvalue weighted by molar-refractivity contribution is 7.80. The molecule has 0 aromatic carbocycles. The molecule has 0 radical (unpaired) electrons. The summed E-state index contributed by atoms with van der Waals surface area (Å²) >= 11 is 4.30. The zero-order valence-electron chi connectivity index (χ0n) is 9.33. The van der Waals surface area contributed by atoms with Crippen molar-refractivity contribution in [3.05, 3.63) is 0 Å². The van der Waals surface area contributed by atoms with E-state index >= 15 is 0 Å². The van der Waals surface area contributed by atoms with Gasteiger partial charge < -0.3 is 4.90 Å². The number of rotatable bonds is 6. The number of hydrogen-bond acceptors (Lipinski definition) is 2. The minimum absolute atomic E-state index is 0.195. The standard InChI is InChI=1S/C12H19NOS/c1-3-7-13(8-4-2)11(14)9-12(10-15)5-6-12/h1,15H,4-10H2,2H3. The SMILES string of the molecule is C#CCN(CCC)C(=O)CC1(CS)CC1.